The molecule has 0 N–H and O–H groups in total. The van der Waals surface area contributed by atoms with Crippen molar-refractivity contribution < 1.29 is 13.6 Å². The van der Waals surface area contributed by atoms with Gasteiger partial charge in [-0.2, -0.15) is 5.10 Å². The van der Waals surface area contributed by atoms with Crippen molar-refractivity contribution in [3.8, 4) is 11.3 Å². The van der Waals surface area contributed by atoms with Crippen LogP contribution in [0.5, 0.6) is 0 Å². The average Bonchev–Trinajstić information content (AvgIpc) is 3.21. The largest absolute Gasteiger partial charge is 0.339 e. The van der Waals surface area contributed by atoms with Gasteiger partial charge in [0, 0.05) is 43.9 Å². The molecule has 1 amide bonds. The first kappa shape index (κ1) is 25.6. The molecule has 4 aromatic rings. The maximum Gasteiger partial charge on any atom is 0.264 e. The van der Waals surface area contributed by atoms with Crippen LogP contribution in [-0.2, 0) is 17.9 Å². The van der Waals surface area contributed by atoms with Crippen molar-refractivity contribution in [1.29, 1.82) is 0 Å². The van der Waals surface area contributed by atoms with Crippen LogP contribution in [0.3, 0.4) is 0 Å². The number of alkyl halides is 2. The topological polar surface area (TPSA) is 54.3 Å². The summed E-state index contributed by atoms with van der Waals surface area (Å²) in [5.74, 6) is -0.121. The predicted octanol–water partition coefficient (Wildman–Crippen LogP) is 6.00. The van der Waals surface area contributed by atoms with Crippen molar-refractivity contribution in [1.82, 2.24) is 24.6 Å². The highest BCUT2D eigenvalue weighted by Gasteiger charge is 2.25. The third-order valence-electron chi connectivity index (χ3n) is 6.61. The lowest BCUT2D eigenvalue weighted by molar-refractivity contribution is -0.133. The first-order chi connectivity index (χ1) is 17.8. The van der Waals surface area contributed by atoms with Crippen molar-refractivity contribution in [2.24, 2.45) is 0 Å². The monoisotopic (exact) mass is 543 g/mol. The Morgan fingerprint density at radius 2 is 1.73 bits per heavy atom. The summed E-state index contributed by atoms with van der Waals surface area (Å²) in [5.41, 5.74) is 2.80. The quantitative estimate of drug-likeness (QED) is 0.299. The molecule has 1 fully saturated rings. The first-order valence-corrected chi connectivity index (χ1v) is 12.7. The number of pyridine rings is 1. The Morgan fingerprint density at radius 1 is 1.00 bits per heavy atom. The lowest BCUT2D eigenvalue weighted by atomic mass is 10.1. The van der Waals surface area contributed by atoms with Crippen LogP contribution < -0.4 is 0 Å². The Labute approximate surface area is 223 Å². The van der Waals surface area contributed by atoms with Crippen molar-refractivity contribution >= 4 is 40.1 Å². The van der Waals surface area contributed by atoms with E-state index in [0.29, 0.717) is 65.2 Å². The van der Waals surface area contributed by atoms with Crippen molar-refractivity contribution in [3.63, 3.8) is 0 Å². The molecule has 5 rings (SSSR count). The van der Waals surface area contributed by atoms with E-state index >= 15 is 0 Å². The normalized spacial score (nSPS) is 14.6. The van der Waals surface area contributed by atoms with Crippen LogP contribution in [-0.4, -0.2) is 56.7 Å². The predicted molar refractivity (Wildman–Crippen MR) is 141 cm³/mol. The van der Waals surface area contributed by atoms with Crippen LogP contribution in [0.25, 0.3) is 22.3 Å². The van der Waals surface area contributed by atoms with Gasteiger partial charge in [-0.15, -0.1) is 0 Å². The van der Waals surface area contributed by atoms with E-state index in [0.717, 1.165) is 11.1 Å². The molecule has 0 unspecified atom stereocenters. The van der Waals surface area contributed by atoms with Gasteiger partial charge in [-0.25, -0.2) is 18.4 Å². The molecule has 1 saturated heterocycles. The van der Waals surface area contributed by atoms with Crippen LogP contribution in [0.4, 0.5) is 8.78 Å². The maximum absolute atomic E-state index is 14.0. The molecule has 1 aliphatic rings. The number of hydrogen-bond donors (Lipinski definition) is 0. The number of nitrogens with zero attached hydrogens (tertiary/aromatic N) is 5. The molecule has 0 spiro atoms. The molecular weight excluding hydrogens is 519 g/mol. The van der Waals surface area contributed by atoms with E-state index in [1.54, 1.807) is 17.9 Å². The van der Waals surface area contributed by atoms with Gasteiger partial charge in [0.1, 0.15) is 6.54 Å². The molecule has 0 saturated carbocycles. The number of aryl methyl sites for hydroxylation is 1. The van der Waals surface area contributed by atoms with E-state index in [1.807, 2.05) is 42.5 Å². The molecule has 37 heavy (non-hydrogen) atoms. The zero-order valence-corrected chi connectivity index (χ0v) is 21.7. The van der Waals surface area contributed by atoms with Crippen LogP contribution in [0, 0.1) is 6.92 Å². The molecule has 192 valence electrons. The van der Waals surface area contributed by atoms with E-state index < -0.39 is 6.43 Å². The van der Waals surface area contributed by atoms with Gasteiger partial charge in [0.2, 0.25) is 5.91 Å². The molecular formula is C27H25Cl2F2N5O. The van der Waals surface area contributed by atoms with Crippen LogP contribution >= 0.6 is 23.2 Å². The second-order valence-electron chi connectivity index (χ2n) is 9.11. The summed E-state index contributed by atoms with van der Waals surface area (Å²) in [4.78, 5) is 21.9. The van der Waals surface area contributed by atoms with E-state index in [-0.39, 0.29) is 18.0 Å². The highest BCUT2D eigenvalue weighted by molar-refractivity contribution is 6.42. The highest BCUT2D eigenvalue weighted by Crippen LogP contribution is 2.33. The van der Waals surface area contributed by atoms with Gasteiger partial charge in [-0.3, -0.25) is 9.69 Å². The van der Waals surface area contributed by atoms with E-state index in [2.05, 4.69) is 15.0 Å². The maximum atomic E-state index is 14.0. The Balaban J connectivity index is 1.32. The number of piperazine rings is 1. The summed E-state index contributed by atoms with van der Waals surface area (Å²) in [5, 5.41) is 5.77. The molecule has 0 aliphatic carbocycles. The summed E-state index contributed by atoms with van der Waals surface area (Å²) >= 11 is 12.1. The second-order valence-corrected chi connectivity index (χ2v) is 9.92. The van der Waals surface area contributed by atoms with Gasteiger partial charge in [-0.1, -0.05) is 59.6 Å². The van der Waals surface area contributed by atoms with Crippen molar-refractivity contribution in [2.75, 3.05) is 26.2 Å². The lowest BCUT2D eigenvalue weighted by Gasteiger charge is -2.34. The standard InChI is InChI=1S/C27H25Cl2F2N5O/c1-17-25-20(26(30)31)14-23(19-5-3-2-4-6-19)32-27(25)36(33-17)16-24(37)35-11-9-34(10-12-35)15-18-7-8-21(28)22(29)13-18/h2-8,13-14,26H,9-12,15-16H2,1H3. The summed E-state index contributed by atoms with van der Waals surface area (Å²) < 4.78 is 29.5. The molecule has 2 aromatic carbocycles. The number of hydrogen-bond acceptors (Lipinski definition) is 4. The minimum Gasteiger partial charge on any atom is -0.339 e. The van der Waals surface area contributed by atoms with Crippen molar-refractivity contribution in [3.05, 3.63) is 81.5 Å². The molecule has 1 aliphatic heterocycles. The minimum atomic E-state index is -2.69. The number of amides is 1. The van der Waals surface area contributed by atoms with Gasteiger partial charge >= 0.3 is 0 Å². The number of rotatable bonds is 6. The fraction of sp³-hybridized carbons (Fsp3) is 0.296. The fourth-order valence-corrected chi connectivity index (χ4v) is 5.03. The minimum absolute atomic E-state index is 0.0644. The number of carbonyl (C=O) groups is 1. The van der Waals surface area contributed by atoms with Crippen LogP contribution in [0.15, 0.2) is 54.6 Å². The Bertz CT molecular complexity index is 1440. The van der Waals surface area contributed by atoms with E-state index in [1.165, 1.54) is 10.7 Å². The van der Waals surface area contributed by atoms with Crippen LogP contribution in [0.1, 0.15) is 23.2 Å². The summed E-state index contributed by atoms with van der Waals surface area (Å²) in [7, 11) is 0. The van der Waals surface area contributed by atoms with Gasteiger partial charge in [0.05, 0.1) is 26.8 Å². The SMILES string of the molecule is Cc1nn(CC(=O)N2CCN(Cc3ccc(Cl)c(Cl)c3)CC2)c2nc(-c3ccccc3)cc(C(F)F)c12. The van der Waals surface area contributed by atoms with E-state index in [9.17, 15) is 13.6 Å². The fourth-order valence-electron chi connectivity index (χ4n) is 4.71. The van der Waals surface area contributed by atoms with Gasteiger partial charge in [-0.05, 0) is 30.7 Å². The molecule has 2 aromatic heterocycles. The molecule has 0 bridgehead atoms. The molecule has 3 heterocycles. The van der Waals surface area contributed by atoms with E-state index in [4.69, 9.17) is 23.2 Å². The summed E-state index contributed by atoms with van der Waals surface area (Å²) in [6.07, 6.45) is -2.69. The molecule has 6 nitrogen and oxygen atoms in total. The van der Waals surface area contributed by atoms with Gasteiger partial charge < -0.3 is 4.90 Å². The highest BCUT2D eigenvalue weighted by atomic mass is 35.5. The number of benzene rings is 2. The third-order valence-corrected chi connectivity index (χ3v) is 7.35. The summed E-state index contributed by atoms with van der Waals surface area (Å²) in [6, 6.07) is 16.2. The molecule has 10 heteroatoms. The van der Waals surface area contributed by atoms with Crippen molar-refractivity contribution in [2.45, 2.75) is 26.4 Å². The zero-order valence-electron chi connectivity index (χ0n) is 20.2. The third kappa shape index (κ3) is 5.46. The number of halogens is 4. The number of aromatic nitrogens is 3. The lowest BCUT2D eigenvalue weighted by Crippen LogP contribution is -2.49. The second kappa shape index (κ2) is 10.7. The Kier molecular flexibility index (Phi) is 7.42. The number of fused-ring (bicyclic) bond motifs is 1. The van der Waals surface area contributed by atoms with Gasteiger partial charge in [0.15, 0.2) is 5.65 Å². The zero-order chi connectivity index (χ0) is 26.1. The Hall–Kier alpha value is -3.07. The molecule has 0 atom stereocenters. The first-order valence-electron chi connectivity index (χ1n) is 12.0. The van der Waals surface area contributed by atoms with Crippen LogP contribution in [0.2, 0.25) is 10.0 Å². The Morgan fingerprint density at radius 3 is 2.41 bits per heavy atom. The van der Waals surface area contributed by atoms with Gasteiger partial charge in [0.25, 0.3) is 6.43 Å². The summed E-state index contributed by atoms with van der Waals surface area (Å²) in [6.45, 7) is 4.84. The number of carbonyl (C=O) groups excluding carboxylic acids is 1. The molecule has 0 radical (unpaired) electrons. The average molecular weight is 544 g/mol. The smallest absolute Gasteiger partial charge is 0.264 e.